The van der Waals surface area contributed by atoms with Crippen molar-refractivity contribution in [3.8, 4) is 0 Å². The highest BCUT2D eigenvalue weighted by Gasteiger charge is 3.02. The molecule has 1 fully saturated rings. The van der Waals surface area contributed by atoms with Crippen LogP contribution in [0.3, 0.4) is 0 Å². The first-order valence-electron chi connectivity index (χ1n) is 8.46. The Morgan fingerprint density at radius 1 is 0.639 bits per heavy atom. The molecule has 1 aliphatic rings. The largest absolute Gasteiger partial charge is 0.507 e. The van der Waals surface area contributed by atoms with Crippen molar-refractivity contribution in [2.75, 3.05) is 0 Å². The van der Waals surface area contributed by atoms with Crippen LogP contribution in [0.4, 0.5) is 74.6 Å². The van der Waals surface area contributed by atoms with Crippen LogP contribution in [-0.4, -0.2) is 46.2 Å². The van der Waals surface area contributed by atoms with E-state index >= 15 is 0 Å². The van der Waals surface area contributed by atoms with Crippen LogP contribution in [0.15, 0.2) is 24.3 Å². The minimum Gasteiger partial charge on any atom is -0.507 e. The molecule has 1 aromatic carbocycles. The molecule has 36 heavy (non-hydrogen) atoms. The lowest BCUT2D eigenvalue weighted by atomic mass is 9.70. The smallest absolute Gasteiger partial charge is 0.417 e. The average molecular weight is 564 g/mol. The van der Waals surface area contributed by atoms with Crippen molar-refractivity contribution in [1.29, 1.82) is 0 Å². The molecule has 1 saturated carbocycles. The predicted octanol–water partition coefficient (Wildman–Crippen LogP) is 7.09. The minimum absolute atomic E-state index is 0.170. The van der Waals surface area contributed by atoms with Gasteiger partial charge in [0.1, 0.15) is 5.76 Å². The number of ketones is 1. The zero-order valence-electron chi connectivity index (χ0n) is 16.1. The van der Waals surface area contributed by atoms with Crippen molar-refractivity contribution in [1.82, 2.24) is 0 Å². The highest BCUT2D eigenvalue weighted by Crippen LogP contribution is 2.69. The summed E-state index contributed by atoms with van der Waals surface area (Å²) in [5.74, 6) is -44.7. The Balaban J connectivity index is 2.76. The van der Waals surface area contributed by atoms with Crippen molar-refractivity contribution >= 4 is 11.5 Å². The number of carbonyl (C=O) groups is 1. The Labute approximate surface area is 186 Å². The molecule has 1 N–H and O–H groups in total. The molecule has 0 saturated heterocycles. The number of benzene rings is 1. The number of hydrogen-bond donors (Lipinski definition) is 1. The van der Waals surface area contributed by atoms with Crippen LogP contribution in [0.25, 0.3) is 5.76 Å². The monoisotopic (exact) mass is 564 g/mol. The van der Waals surface area contributed by atoms with E-state index < -0.39 is 94.1 Å². The Morgan fingerprint density at radius 2 is 1.00 bits per heavy atom. The van der Waals surface area contributed by atoms with Crippen LogP contribution in [-0.2, 0) is 17.1 Å². The number of allylic oxidation sites excluding steroid dienone is 1. The van der Waals surface area contributed by atoms with Crippen LogP contribution in [0.5, 0.6) is 0 Å². The molecule has 0 bridgehead atoms. The third-order valence-corrected chi connectivity index (χ3v) is 4.98. The van der Waals surface area contributed by atoms with Gasteiger partial charge < -0.3 is 5.11 Å². The standard InChI is InChI=1S/C17H5F17O2/c18-10(13(25,26)15(29,30)17(33,34)16(31,32)14(10,27)28)9(36)4-8(35)5-1-2-6(11(19,20)21)7(3-5)12(22,23)24/h1-4,35H/b8-4-. The SMILES string of the molecule is O=C(/C=C(\O)c1ccc(C(F)(F)F)c(C(F)(F)F)c1)C1(F)C(F)(F)C(F)(F)C(F)(F)C(F)(F)C1(F)F. The summed E-state index contributed by atoms with van der Waals surface area (Å²) in [5.41, 5.74) is -14.0. The maximum atomic E-state index is 14.6. The van der Waals surface area contributed by atoms with Crippen LogP contribution < -0.4 is 0 Å². The molecule has 2 nitrogen and oxygen atoms in total. The van der Waals surface area contributed by atoms with Gasteiger partial charge in [-0.05, 0) is 12.1 Å². The summed E-state index contributed by atoms with van der Waals surface area (Å²) >= 11 is 0. The van der Waals surface area contributed by atoms with Crippen LogP contribution in [0.2, 0.25) is 0 Å². The van der Waals surface area contributed by atoms with Gasteiger partial charge in [0.2, 0.25) is 5.78 Å². The summed E-state index contributed by atoms with van der Waals surface area (Å²) in [6.07, 6.45) is -13.0. The maximum absolute atomic E-state index is 14.6. The minimum atomic E-state index is -7.68. The first-order valence-corrected chi connectivity index (χ1v) is 8.46. The van der Waals surface area contributed by atoms with Crippen LogP contribution in [0.1, 0.15) is 16.7 Å². The Morgan fingerprint density at radius 3 is 1.36 bits per heavy atom. The maximum Gasteiger partial charge on any atom is 0.417 e. The summed E-state index contributed by atoms with van der Waals surface area (Å²) in [6, 6.07) is -1.30. The lowest BCUT2D eigenvalue weighted by Gasteiger charge is -2.51. The molecule has 19 heteroatoms. The lowest BCUT2D eigenvalue weighted by molar-refractivity contribution is -0.475. The van der Waals surface area contributed by atoms with Gasteiger partial charge in [0.25, 0.3) is 0 Å². The van der Waals surface area contributed by atoms with Crippen molar-refractivity contribution in [2.45, 2.75) is 47.6 Å². The normalized spacial score (nSPS) is 24.3. The van der Waals surface area contributed by atoms with E-state index in [9.17, 15) is 84.5 Å². The van der Waals surface area contributed by atoms with Gasteiger partial charge in [0.15, 0.2) is 0 Å². The topological polar surface area (TPSA) is 37.3 Å². The number of carbonyl (C=O) groups excluding carboxylic acids is 1. The molecular formula is C17H5F17O2. The molecule has 1 aliphatic carbocycles. The molecule has 0 unspecified atom stereocenters. The third kappa shape index (κ3) is 3.51. The Hall–Kier alpha value is -2.76. The first-order chi connectivity index (χ1) is 15.6. The molecule has 204 valence electrons. The molecule has 0 aliphatic heterocycles. The van der Waals surface area contributed by atoms with E-state index in [2.05, 4.69) is 0 Å². The van der Waals surface area contributed by atoms with Crippen molar-refractivity contribution in [2.24, 2.45) is 0 Å². The van der Waals surface area contributed by atoms with E-state index in [-0.39, 0.29) is 6.07 Å². The fraction of sp³-hybridized carbons (Fsp3) is 0.471. The fourth-order valence-electron chi connectivity index (χ4n) is 3.02. The van der Waals surface area contributed by atoms with Gasteiger partial charge in [0, 0.05) is 11.6 Å². The van der Waals surface area contributed by atoms with E-state index in [1.54, 1.807) is 0 Å². The zero-order valence-corrected chi connectivity index (χ0v) is 16.1. The van der Waals surface area contributed by atoms with Gasteiger partial charge >= 0.3 is 47.6 Å². The first kappa shape index (κ1) is 29.5. The fourth-order valence-corrected chi connectivity index (χ4v) is 3.02. The summed E-state index contributed by atoms with van der Waals surface area (Å²) in [7, 11) is 0. The van der Waals surface area contributed by atoms with Crippen molar-refractivity contribution in [3.63, 3.8) is 0 Å². The van der Waals surface area contributed by atoms with Gasteiger partial charge in [0.05, 0.1) is 11.1 Å². The van der Waals surface area contributed by atoms with Gasteiger partial charge in [-0.15, -0.1) is 0 Å². The average Bonchev–Trinajstić information content (AvgIpc) is 2.69. The van der Waals surface area contributed by atoms with E-state index in [4.69, 9.17) is 0 Å². The summed E-state index contributed by atoms with van der Waals surface area (Å²) in [4.78, 5) is 11.7. The molecule has 0 amide bonds. The lowest BCUT2D eigenvalue weighted by Crippen LogP contribution is -2.85. The number of hydrogen-bond acceptors (Lipinski definition) is 2. The number of alkyl halides is 17. The van der Waals surface area contributed by atoms with E-state index in [1.165, 1.54) is 0 Å². The third-order valence-electron chi connectivity index (χ3n) is 4.98. The summed E-state index contributed by atoms with van der Waals surface area (Å²) < 4.78 is 227. The highest BCUT2D eigenvalue weighted by atomic mass is 19.4. The molecule has 1 aromatic rings. The van der Waals surface area contributed by atoms with Gasteiger partial charge in [-0.2, -0.15) is 70.2 Å². The van der Waals surface area contributed by atoms with Gasteiger partial charge in [-0.3, -0.25) is 4.79 Å². The van der Waals surface area contributed by atoms with Crippen LogP contribution >= 0.6 is 0 Å². The molecule has 0 spiro atoms. The second kappa shape index (κ2) is 7.62. The Bertz CT molecular complexity index is 1060. The second-order valence-electron chi connectivity index (χ2n) is 7.18. The summed E-state index contributed by atoms with van der Waals surface area (Å²) in [5, 5.41) is 9.54. The molecule has 0 atom stereocenters. The molecular weight excluding hydrogens is 559 g/mol. The zero-order chi connectivity index (χ0) is 28.7. The number of aliphatic hydroxyl groups excluding tert-OH is 1. The van der Waals surface area contributed by atoms with Crippen molar-refractivity contribution in [3.05, 3.63) is 41.0 Å². The Kier molecular flexibility index (Phi) is 6.24. The second-order valence-corrected chi connectivity index (χ2v) is 7.18. The molecule has 0 aromatic heterocycles. The van der Waals surface area contributed by atoms with Crippen LogP contribution in [0, 0.1) is 0 Å². The quantitative estimate of drug-likeness (QED) is 0.242. The number of aliphatic hydroxyl groups is 1. The molecule has 0 heterocycles. The number of halogens is 17. The van der Waals surface area contributed by atoms with Crippen molar-refractivity contribution < 1.29 is 84.5 Å². The molecule has 2 rings (SSSR count). The van der Waals surface area contributed by atoms with E-state index in [1.807, 2.05) is 0 Å². The van der Waals surface area contributed by atoms with Gasteiger partial charge in [-0.25, -0.2) is 4.39 Å². The highest BCUT2D eigenvalue weighted by molar-refractivity contribution is 6.03. The predicted molar refractivity (Wildman–Crippen MR) is 80.6 cm³/mol. The van der Waals surface area contributed by atoms with Gasteiger partial charge in [-0.1, -0.05) is 6.07 Å². The van der Waals surface area contributed by atoms with E-state index in [0.717, 1.165) is 0 Å². The molecule has 0 radical (unpaired) electrons. The number of rotatable bonds is 3. The summed E-state index contributed by atoms with van der Waals surface area (Å²) in [6.45, 7) is 0. The van der Waals surface area contributed by atoms with E-state index in [0.29, 0.717) is 0 Å².